The highest BCUT2D eigenvalue weighted by atomic mass is 32.1. The van der Waals surface area contributed by atoms with Gasteiger partial charge in [0.15, 0.2) is 0 Å². The summed E-state index contributed by atoms with van der Waals surface area (Å²) >= 11 is 1.54. The standard InChI is InChI=1S/C23H23N5O3S/c1-3-5-16-13-22(30)26-23(24-16)28-20(14-18(27-28)19-6-4-11-32-19)25-21(29)12-15-7-9-17(31-2)10-8-15/h4,6-11,13-14H,3,5,12H2,1-2H3,(H,25,29)(H,24,26,30). The van der Waals surface area contributed by atoms with Crippen molar-refractivity contribution >= 4 is 23.1 Å². The molecule has 1 amide bonds. The molecule has 1 aromatic carbocycles. The number of nitrogens with one attached hydrogen (secondary N) is 2. The Morgan fingerprint density at radius 1 is 1.22 bits per heavy atom. The number of carbonyl (C=O) groups excluding carboxylic acids is 1. The maximum Gasteiger partial charge on any atom is 0.252 e. The largest absolute Gasteiger partial charge is 0.497 e. The van der Waals surface area contributed by atoms with Gasteiger partial charge in [0, 0.05) is 17.8 Å². The SMILES string of the molecule is CCCc1cc(=O)[nH]c(-n2nc(-c3cccs3)cc2NC(=O)Cc2ccc(OC)cc2)n1. The number of thiophene rings is 1. The molecular weight excluding hydrogens is 426 g/mol. The molecule has 8 nitrogen and oxygen atoms in total. The van der Waals surface area contributed by atoms with Gasteiger partial charge in [-0.15, -0.1) is 11.3 Å². The van der Waals surface area contributed by atoms with Gasteiger partial charge in [0.05, 0.1) is 18.4 Å². The maximum atomic E-state index is 12.8. The van der Waals surface area contributed by atoms with Crippen LogP contribution in [0.3, 0.4) is 0 Å². The minimum absolute atomic E-state index is 0.184. The first-order valence-corrected chi connectivity index (χ1v) is 11.1. The number of aromatic amines is 1. The molecule has 0 spiro atoms. The number of aryl methyl sites for hydroxylation is 1. The summed E-state index contributed by atoms with van der Waals surface area (Å²) < 4.78 is 6.64. The van der Waals surface area contributed by atoms with E-state index in [1.165, 1.54) is 22.1 Å². The molecule has 0 fully saturated rings. The number of amides is 1. The summed E-state index contributed by atoms with van der Waals surface area (Å²) in [5, 5.41) is 9.48. The molecule has 0 aliphatic heterocycles. The van der Waals surface area contributed by atoms with Crippen LogP contribution in [0.5, 0.6) is 5.75 Å². The molecule has 0 aliphatic rings. The Hall–Kier alpha value is -3.72. The van der Waals surface area contributed by atoms with Crippen molar-refractivity contribution in [1.29, 1.82) is 0 Å². The van der Waals surface area contributed by atoms with Gasteiger partial charge in [-0.2, -0.15) is 9.78 Å². The Labute approximate surface area is 188 Å². The highest BCUT2D eigenvalue weighted by Crippen LogP contribution is 2.27. The van der Waals surface area contributed by atoms with Gasteiger partial charge in [-0.05, 0) is 35.6 Å². The zero-order valence-corrected chi connectivity index (χ0v) is 18.6. The molecule has 0 bridgehead atoms. The number of ether oxygens (including phenoxy) is 1. The van der Waals surface area contributed by atoms with Crippen molar-refractivity contribution in [3.63, 3.8) is 0 Å². The van der Waals surface area contributed by atoms with Gasteiger partial charge in [0.1, 0.15) is 17.3 Å². The second-order valence-electron chi connectivity index (χ2n) is 7.19. The Morgan fingerprint density at radius 2 is 2.03 bits per heavy atom. The van der Waals surface area contributed by atoms with E-state index in [9.17, 15) is 9.59 Å². The number of hydrogen-bond acceptors (Lipinski definition) is 6. The molecule has 4 rings (SSSR count). The van der Waals surface area contributed by atoms with Crippen LogP contribution in [0.25, 0.3) is 16.5 Å². The summed E-state index contributed by atoms with van der Waals surface area (Å²) in [6.45, 7) is 2.02. The second-order valence-corrected chi connectivity index (χ2v) is 8.13. The van der Waals surface area contributed by atoms with E-state index >= 15 is 0 Å². The Balaban J connectivity index is 1.66. The van der Waals surface area contributed by atoms with Crippen LogP contribution in [0.2, 0.25) is 0 Å². The van der Waals surface area contributed by atoms with Crippen molar-refractivity contribution in [2.45, 2.75) is 26.2 Å². The first-order valence-electron chi connectivity index (χ1n) is 10.2. The molecule has 164 valence electrons. The first-order chi connectivity index (χ1) is 15.6. The number of methoxy groups -OCH3 is 1. The van der Waals surface area contributed by atoms with Crippen LogP contribution in [0, 0.1) is 0 Å². The molecule has 0 atom stereocenters. The predicted octanol–water partition coefficient (Wildman–Crippen LogP) is 3.83. The number of carbonyl (C=O) groups is 1. The van der Waals surface area contributed by atoms with Crippen LogP contribution in [0.15, 0.2) is 58.7 Å². The van der Waals surface area contributed by atoms with Crippen molar-refractivity contribution in [3.8, 4) is 22.3 Å². The van der Waals surface area contributed by atoms with Crippen LogP contribution in [0.4, 0.5) is 5.82 Å². The van der Waals surface area contributed by atoms with E-state index in [1.54, 1.807) is 13.2 Å². The lowest BCUT2D eigenvalue weighted by atomic mass is 10.1. The fraction of sp³-hybridized carbons (Fsp3) is 0.217. The van der Waals surface area contributed by atoms with Crippen LogP contribution < -0.4 is 15.6 Å². The summed E-state index contributed by atoms with van der Waals surface area (Å²) in [4.78, 5) is 33.2. The summed E-state index contributed by atoms with van der Waals surface area (Å²) in [5.41, 5.74) is 1.95. The fourth-order valence-corrected chi connectivity index (χ4v) is 3.95. The number of hydrogen-bond donors (Lipinski definition) is 2. The molecule has 0 saturated carbocycles. The van der Waals surface area contributed by atoms with E-state index in [1.807, 2.05) is 48.7 Å². The van der Waals surface area contributed by atoms with Crippen molar-refractivity contribution < 1.29 is 9.53 Å². The van der Waals surface area contributed by atoms with Crippen LogP contribution in [0.1, 0.15) is 24.6 Å². The number of H-pyrrole nitrogens is 1. The predicted molar refractivity (Wildman–Crippen MR) is 125 cm³/mol. The molecule has 0 radical (unpaired) electrons. The number of anilines is 1. The van der Waals surface area contributed by atoms with Crippen LogP contribution >= 0.6 is 11.3 Å². The van der Waals surface area contributed by atoms with Gasteiger partial charge in [-0.25, -0.2) is 4.98 Å². The Kier molecular flexibility index (Phi) is 6.46. The van der Waals surface area contributed by atoms with Gasteiger partial charge in [-0.3, -0.25) is 14.6 Å². The molecule has 0 aliphatic carbocycles. The van der Waals surface area contributed by atoms with Crippen molar-refractivity contribution in [3.05, 3.63) is 75.5 Å². The maximum absolute atomic E-state index is 12.8. The lowest BCUT2D eigenvalue weighted by molar-refractivity contribution is -0.115. The van der Waals surface area contributed by atoms with Gasteiger partial charge in [0.25, 0.3) is 5.56 Å². The van der Waals surface area contributed by atoms with Gasteiger partial charge >= 0.3 is 0 Å². The zero-order valence-electron chi connectivity index (χ0n) is 17.8. The van der Waals surface area contributed by atoms with Gasteiger partial charge < -0.3 is 10.1 Å². The molecule has 0 saturated heterocycles. The third-order valence-corrected chi connectivity index (χ3v) is 5.66. The number of rotatable bonds is 8. The van der Waals surface area contributed by atoms with Crippen molar-refractivity contribution in [2.75, 3.05) is 12.4 Å². The third kappa shape index (κ3) is 4.94. The van der Waals surface area contributed by atoms with E-state index in [2.05, 4.69) is 20.4 Å². The molecule has 32 heavy (non-hydrogen) atoms. The normalized spacial score (nSPS) is 10.8. The summed E-state index contributed by atoms with van der Waals surface area (Å²) in [7, 11) is 1.60. The smallest absolute Gasteiger partial charge is 0.252 e. The Bertz CT molecular complexity index is 1260. The van der Waals surface area contributed by atoms with E-state index in [0.717, 1.165) is 22.6 Å². The second kappa shape index (κ2) is 9.61. The van der Waals surface area contributed by atoms with E-state index in [4.69, 9.17) is 4.74 Å². The average molecular weight is 450 g/mol. The molecule has 2 N–H and O–H groups in total. The molecule has 3 aromatic heterocycles. The molecule has 9 heteroatoms. The minimum atomic E-state index is -0.262. The highest BCUT2D eigenvalue weighted by Gasteiger charge is 2.17. The quantitative estimate of drug-likeness (QED) is 0.426. The van der Waals surface area contributed by atoms with Gasteiger partial charge in [0.2, 0.25) is 11.9 Å². The third-order valence-electron chi connectivity index (χ3n) is 4.76. The zero-order chi connectivity index (χ0) is 22.5. The molecule has 0 unspecified atom stereocenters. The minimum Gasteiger partial charge on any atom is -0.497 e. The molecule has 4 aromatic rings. The number of nitrogens with zero attached hydrogens (tertiary/aromatic N) is 3. The summed E-state index contributed by atoms with van der Waals surface area (Å²) in [6.07, 6.45) is 1.72. The number of aromatic nitrogens is 4. The summed E-state index contributed by atoms with van der Waals surface area (Å²) in [5.74, 6) is 1.23. The summed E-state index contributed by atoms with van der Waals surface area (Å²) in [6, 6.07) is 14.5. The van der Waals surface area contributed by atoms with Gasteiger partial charge in [-0.1, -0.05) is 31.5 Å². The van der Waals surface area contributed by atoms with E-state index in [-0.39, 0.29) is 23.8 Å². The molecule has 3 heterocycles. The van der Waals surface area contributed by atoms with Crippen molar-refractivity contribution in [2.24, 2.45) is 0 Å². The lowest BCUT2D eigenvalue weighted by Crippen LogP contribution is -2.20. The monoisotopic (exact) mass is 449 g/mol. The first kappa shape index (κ1) is 21.5. The van der Waals surface area contributed by atoms with Crippen LogP contribution in [-0.4, -0.2) is 32.8 Å². The molecular formula is C23H23N5O3S. The number of benzene rings is 1. The lowest BCUT2D eigenvalue weighted by Gasteiger charge is -2.09. The van der Waals surface area contributed by atoms with Crippen molar-refractivity contribution in [1.82, 2.24) is 19.7 Å². The average Bonchev–Trinajstić information content (AvgIpc) is 3.44. The topological polar surface area (TPSA) is 102 Å². The van der Waals surface area contributed by atoms with E-state index in [0.29, 0.717) is 23.6 Å². The fourth-order valence-electron chi connectivity index (χ4n) is 3.27. The highest BCUT2D eigenvalue weighted by molar-refractivity contribution is 7.13. The Morgan fingerprint density at radius 3 is 2.72 bits per heavy atom. The van der Waals surface area contributed by atoms with Crippen LogP contribution in [-0.2, 0) is 17.6 Å². The van der Waals surface area contributed by atoms with E-state index < -0.39 is 0 Å².